The Morgan fingerprint density at radius 1 is 0.946 bits per heavy atom. The van der Waals surface area contributed by atoms with Crippen LogP contribution in [0.2, 0.25) is 0 Å². The van der Waals surface area contributed by atoms with E-state index in [1.807, 2.05) is 0 Å². The minimum absolute atomic E-state index is 0.439. The SMILES string of the molecule is CS(=O)(=O)[O-].C[N+](C)(C)CCOc1ccc(C2CCC3(CC2)OOC2(O3)C3CC4CC(C3)CC2C4)cc1. The molecule has 7 rings (SSSR count). The number of nitrogens with zero attached hydrogens (tertiary/aromatic N) is 1. The minimum Gasteiger partial charge on any atom is -0.748 e. The van der Waals surface area contributed by atoms with Crippen LogP contribution in [-0.2, 0) is 24.6 Å². The summed E-state index contributed by atoms with van der Waals surface area (Å²) in [7, 11) is 2.65. The van der Waals surface area contributed by atoms with E-state index in [4.69, 9.17) is 32.2 Å². The van der Waals surface area contributed by atoms with Crippen LogP contribution in [0.15, 0.2) is 24.3 Å². The summed E-state index contributed by atoms with van der Waals surface area (Å²) in [5, 5.41) is 0. The van der Waals surface area contributed by atoms with Crippen LogP contribution in [0.1, 0.15) is 69.3 Å². The van der Waals surface area contributed by atoms with E-state index in [-0.39, 0.29) is 0 Å². The van der Waals surface area contributed by atoms with E-state index in [0.717, 1.165) is 60.9 Å². The van der Waals surface area contributed by atoms with Crippen LogP contribution in [0.25, 0.3) is 0 Å². The summed E-state index contributed by atoms with van der Waals surface area (Å²) in [4.78, 5) is 12.3. The van der Waals surface area contributed by atoms with Gasteiger partial charge in [0.1, 0.15) is 18.9 Å². The van der Waals surface area contributed by atoms with E-state index in [0.29, 0.717) is 24.0 Å². The summed E-state index contributed by atoms with van der Waals surface area (Å²) in [5.74, 6) is 3.47. The monoisotopic (exact) mass is 537 g/mol. The molecular formula is C28H43NO7S. The van der Waals surface area contributed by atoms with Gasteiger partial charge in [-0.1, -0.05) is 12.1 Å². The standard InChI is InChI=1S/C27H40NO4.CH4O3S/c1-28(2,3)12-13-29-25-6-4-21(5-7-25)22-8-10-26(11-9-22)30-27(32-31-26)23-15-19-14-20(17-23)18-24(27)16-19;1-5(2,3)4/h4-7,19-20,22-24H,8-18H2,1-3H3;1H3,(H,2,3,4)/q+1;/p-1. The van der Waals surface area contributed by atoms with Crippen molar-refractivity contribution in [2.75, 3.05) is 40.6 Å². The average molecular weight is 538 g/mol. The molecule has 6 aliphatic rings. The van der Waals surface area contributed by atoms with Crippen LogP contribution in [0.3, 0.4) is 0 Å². The zero-order valence-corrected chi connectivity index (χ0v) is 23.5. The van der Waals surface area contributed by atoms with Crippen LogP contribution in [-0.4, -0.2) is 69.6 Å². The lowest BCUT2D eigenvalue weighted by Crippen LogP contribution is -2.59. The number of ether oxygens (including phenoxy) is 2. The smallest absolute Gasteiger partial charge is 0.210 e. The molecule has 208 valence electrons. The van der Waals surface area contributed by atoms with Gasteiger partial charge < -0.3 is 18.5 Å². The maximum atomic E-state index is 9.08. The van der Waals surface area contributed by atoms with Crippen molar-refractivity contribution in [1.82, 2.24) is 0 Å². The lowest BCUT2D eigenvalue weighted by atomic mass is 9.53. The average Bonchev–Trinajstić information content (AvgIpc) is 3.16. The maximum Gasteiger partial charge on any atom is 0.210 e. The molecule has 5 aliphatic carbocycles. The van der Waals surface area contributed by atoms with Gasteiger partial charge in [0, 0.05) is 30.9 Å². The van der Waals surface area contributed by atoms with Crippen LogP contribution >= 0.6 is 0 Å². The third-order valence-corrected chi connectivity index (χ3v) is 9.08. The van der Waals surface area contributed by atoms with Crippen molar-refractivity contribution in [1.29, 1.82) is 0 Å². The van der Waals surface area contributed by atoms with Gasteiger partial charge in [0.05, 0.1) is 31.3 Å². The van der Waals surface area contributed by atoms with Crippen molar-refractivity contribution in [3.8, 4) is 5.75 Å². The molecule has 0 amide bonds. The van der Waals surface area contributed by atoms with Gasteiger partial charge in [0.2, 0.25) is 11.6 Å². The Morgan fingerprint density at radius 2 is 1.49 bits per heavy atom. The van der Waals surface area contributed by atoms with E-state index in [1.165, 1.54) is 37.7 Å². The third-order valence-electron chi connectivity index (χ3n) is 9.08. The topological polar surface area (TPSA) is 94.1 Å². The number of hydrogen-bond donors (Lipinski definition) is 0. The number of benzene rings is 1. The molecule has 1 aliphatic heterocycles. The van der Waals surface area contributed by atoms with E-state index in [2.05, 4.69) is 45.4 Å². The molecule has 2 spiro atoms. The molecule has 0 aromatic heterocycles. The first kappa shape index (κ1) is 27.3. The first-order valence-corrected chi connectivity index (χ1v) is 15.7. The highest BCUT2D eigenvalue weighted by molar-refractivity contribution is 7.84. The van der Waals surface area contributed by atoms with Crippen LogP contribution in [0.4, 0.5) is 0 Å². The third kappa shape index (κ3) is 6.34. The van der Waals surface area contributed by atoms with Crippen molar-refractivity contribution >= 4 is 10.1 Å². The van der Waals surface area contributed by atoms with E-state index >= 15 is 0 Å². The Bertz CT molecular complexity index is 1010. The fourth-order valence-electron chi connectivity index (χ4n) is 7.46. The highest BCUT2D eigenvalue weighted by atomic mass is 32.2. The molecule has 1 aromatic carbocycles. The van der Waals surface area contributed by atoms with Gasteiger partial charge in [-0.05, 0) is 80.4 Å². The quantitative estimate of drug-likeness (QED) is 0.312. The molecule has 8 nitrogen and oxygen atoms in total. The van der Waals surface area contributed by atoms with Crippen molar-refractivity contribution < 1.29 is 36.7 Å². The van der Waals surface area contributed by atoms with Crippen LogP contribution in [0.5, 0.6) is 5.75 Å². The number of rotatable bonds is 5. The number of hydrogen-bond acceptors (Lipinski definition) is 7. The second-order valence-electron chi connectivity index (χ2n) is 13.1. The van der Waals surface area contributed by atoms with E-state index in [9.17, 15) is 0 Å². The van der Waals surface area contributed by atoms with Gasteiger partial charge in [0.15, 0.2) is 0 Å². The maximum absolute atomic E-state index is 9.08. The molecule has 6 fully saturated rings. The lowest BCUT2D eigenvalue weighted by Gasteiger charge is -2.57. The molecule has 0 N–H and O–H groups in total. The molecule has 0 atom stereocenters. The van der Waals surface area contributed by atoms with Gasteiger partial charge in [-0.3, -0.25) is 0 Å². The lowest BCUT2D eigenvalue weighted by molar-refractivity contribution is -0.870. The number of quaternary nitrogens is 1. The highest BCUT2D eigenvalue weighted by Crippen LogP contribution is 2.64. The van der Waals surface area contributed by atoms with Gasteiger partial charge in [-0.15, -0.1) is 0 Å². The molecule has 37 heavy (non-hydrogen) atoms. The van der Waals surface area contributed by atoms with E-state index in [1.54, 1.807) is 0 Å². The molecule has 9 heteroatoms. The predicted molar refractivity (Wildman–Crippen MR) is 137 cm³/mol. The summed E-state index contributed by atoms with van der Waals surface area (Å²) >= 11 is 0. The van der Waals surface area contributed by atoms with Gasteiger partial charge >= 0.3 is 0 Å². The Kier molecular flexibility index (Phi) is 7.44. The first-order valence-electron chi connectivity index (χ1n) is 13.8. The number of likely N-dealkylation sites (N-methyl/N-ethyl adjacent to an activating group) is 1. The predicted octanol–water partition coefficient (Wildman–Crippen LogP) is 4.42. The fourth-order valence-corrected chi connectivity index (χ4v) is 7.46. The molecule has 1 saturated heterocycles. The van der Waals surface area contributed by atoms with Crippen LogP contribution < -0.4 is 4.74 Å². The Labute approximate surface area is 221 Å². The second kappa shape index (κ2) is 10.1. The fraction of sp³-hybridized carbons (Fsp3) is 0.786. The van der Waals surface area contributed by atoms with Gasteiger partial charge in [-0.2, -0.15) is 9.78 Å². The van der Waals surface area contributed by atoms with Crippen molar-refractivity contribution in [2.24, 2.45) is 23.7 Å². The zero-order chi connectivity index (χ0) is 26.5. The summed E-state index contributed by atoms with van der Waals surface area (Å²) in [6.07, 6.45) is 11.2. The first-order chi connectivity index (χ1) is 17.3. The van der Waals surface area contributed by atoms with Crippen LogP contribution in [0, 0.1) is 23.7 Å². The zero-order valence-electron chi connectivity index (χ0n) is 22.7. The molecule has 0 unspecified atom stereocenters. The molecule has 1 aromatic rings. The Morgan fingerprint density at radius 3 is 2.00 bits per heavy atom. The largest absolute Gasteiger partial charge is 0.748 e. The van der Waals surface area contributed by atoms with Crippen molar-refractivity contribution in [3.05, 3.63) is 29.8 Å². The van der Waals surface area contributed by atoms with Gasteiger partial charge in [-0.25, -0.2) is 8.42 Å². The summed E-state index contributed by atoms with van der Waals surface area (Å²) in [5.41, 5.74) is 1.40. The van der Waals surface area contributed by atoms with E-state index < -0.39 is 21.7 Å². The molecular weight excluding hydrogens is 494 g/mol. The summed E-state index contributed by atoms with van der Waals surface area (Å²) < 4.78 is 40.9. The van der Waals surface area contributed by atoms with Crippen molar-refractivity contribution in [2.45, 2.75) is 75.3 Å². The summed E-state index contributed by atoms with van der Waals surface area (Å²) in [6, 6.07) is 8.75. The molecule has 4 bridgehead atoms. The molecule has 5 saturated carbocycles. The van der Waals surface area contributed by atoms with Crippen molar-refractivity contribution in [3.63, 3.8) is 0 Å². The Balaban J connectivity index is 0.000000514. The molecule has 1 heterocycles. The minimum atomic E-state index is -3.92. The second-order valence-corrected chi connectivity index (χ2v) is 14.5. The highest BCUT2D eigenvalue weighted by Gasteiger charge is 2.66. The van der Waals surface area contributed by atoms with Gasteiger partial charge in [0.25, 0.3) is 0 Å². The summed E-state index contributed by atoms with van der Waals surface area (Å²) in [6.45, 7) is 1.74. The normalized spacial score (nSPS) is 38.6. The molecule has 0 radical (unpaired) electrons. The Hall–Kier alpha value is -1.23.